The van der Waals surface area contributed by atoms with Gasteiger partial charge in [0, 0.05) is 57.9 Å². The Kier molecular flexibility index (Phi) is 4.26. The van der Waals surface area contributed by atoms with Gasteiger partial charge in [0.1, 0.15) is 5.82 Å². The molecule has 0 bridgehead atoms. The second-order valence-electron chi connectivity index (χ2n) is 5.12. The van der Waals surface area contributed by atoms with E-state index in [-0.39, 0.29) is 5.69 Å². The molecule has 1 aliphatic heterocycles. The molecule has 0 aromatic carbocycles. The molecule has 2 aromatic heterocycles. The molecule has 1 aliphatic rings. The highest BCUT2D eigenvalue weighted by molar-refractivity contribution is 6.30. The van der Waals surface area contributed by atoms with Crippen LogP contribution < -0.4 is 10.6 Å². The Hall–Kier alpha value is -1.79. The van der Waals surface area contributed by atoms with E-state index in [1.54, 1.807) is 23.2 Å². The number of H-pyrrole nitrogens is 1. The summed E-state index contributed by atoms with van der Waals surface area (Å²) in [6.45, 7) is 5.45. The van der Waals surface area contributed by atoms with E-state index >= 15 is 0 Å². The summed E-state index contributed by atoms with van der Waals surface area (Å²) in [5, 5.41) is 0.661. The number of nitrogens with zero attached hydrogens (tertiary/aromatic N) is 4. The average molecular weight is 308 g/mol. The van der Waals surface area contributed by atoms with Gasteiger partial charge in [-0.15, -0.1) is 0 Å². The van der Waals surface area contributed by atoms with Crippen LogP contribution in [0.4, 0.5) is 5.82 Å². The molecule has 0 saturated carbocycles. The summed E-state index contributed by atoms with van der Waals surface area (Å²) in [4.78, 5) is 23.0. The second kappa shape index (κ2) is 6.32. The van der Waals surface area contributed by atoms with Gasteiger partial charge in [-0.3, -0.25) is 9.47 Å². The fourth-order valence-electron chi connectivity index (χ4n) is 2.53. The standard InChI is InChI=1S/C14H18ClN5O/c15-12-1-2-13(17-11-12)19-8-5-18(6-9-19)7-10-20-4-3-16-14(20)21/h1-4,11H,5-10H2,(H,16,21). The van der Waals surface area contributed by atoms with E-state index in [4.69, 9.17) is 11.6 Å². The molecule has 0 spiro atoms. The normalized spacial score (nSPS) is 16.3. The van der Waals surface area contributed by atoms with Crippen molar-refractivity contribution >= 4 is 17.4 Å². The Morgan fingerprint density at radius 1 is 1.19 bits per heavy atom. The number of anilines is 1. The molecular formula is C14H18ClN5O. The second-order valence-corrected chi connectivity index (χ2v) is 5.56. The highest BCUT2D eigenvalue weighted by Crippen LogP contribution is 2.15. The summed E-state index contributed by atoms with van der Waals surface area (Å²) in [5.41, 5.74) is -0.0426. The summed E-state index contributed by atoms with van der Waals surface area (Å²) in [5.74, 6) is 0.973. The topological polar surface area (TPSA) is 57.2 Å². The van der Waals surface area contributed by atoms with Crippen molar-refractivity contribution in [1.82, 2.24) is 19.4 Å². The lowest BCUT2D eigenvalue weighted by Gasteiger charge is -2.35. The zero-order chi connectivity index (χ0) is 14.7. The first kappa shape index (κ1) is 14.2. The first-order valence-corrected chi connectivity index (χ1v) is 7.43. The zero-order valence-corrected chi connectivity index (χ0v) is 12.5. The summed E-state index contributed by atoms with van der Waals surface area (Å²) >= 11 is 5.86. The molecule has 3 rings (SSSR count). The van der Waals surface area contributed by atoms with Gasteiger partial charge in [-0.25, -0.2) is 9.78 Å². The Morgan fingerprint density at radius 3 is 2.62 bits per heavy atom. The number of piperazine rings is 1. The molecule has 0 unspecified atom stereocenters. The van der Waals surface area contributed by atoms with E-state index in [9.17, 15) is 4.79 Å². The summed E-state index contributed by atoms with van der Waals surface area (Å²) in [6.07, 6.45) is 5.14. The van der Waals surface area contributed by atoms with Crippen molar-refractivity contribution in [2.45, 2.75) is 6.54 Å². The summed E-state index contributed by atoms with van der Waals surface area (Å²) in [7, 11) is 0. The molecule has 0 amide bonds. The van der Waals surface area contributed by atoms with Crippen LogP contribution in [0.1, 0.15) is 0 Å². The van der Waals surface area contributed by atoms with Crippen molar-refractivity contribution in [3.63, 3.8) is 0 Å². The lowest BCUT2D eigenvalue weighted by molar-refractivity contribution is 0.247. The van der Waals surface area contributed by atoms with Crippen LogP contribution in [0.15, 0.2) is 35.5 Å². The average Bonchev–Trinajstić information content (AvgIpc) is 2.92. The van der Waals surface area contributed by atoms with E-state index in [0.717, 1.165) is 45.1 Å². The predicted octanol–water partition coefficient (Wildman–Crippen LogP) is 1.05. The van der Waals surface area contributed by atoms with E-state index in [1.807, 2.05) is 12.1 Å². The quantitative estimate of drug-likeness (QED) is 0.917. The molecule has 0 atom stereocenters. The number of nitrogens with one attached hydrogen (secondary N) is 1. The molecule has 112 valence electrons. The zero-order valence-electron chi connectivity index (χ0n) is 11.7. The largest absolute Gasteiger partial charge is 0.354 e. The Morgan fingerprint density at radius 2 is 2.00 bits per heavy atom. The van der Waals surface area contributed by atoms with E-state index in [1.165, 1.54) is 0 Å². The van der Waals surface area contributed by atoms with E-state index < -0.39 is 0 Å². The highest BCUT2D eigenvalue weighted by Gasteiger charge is 2.17. The maximum absolute atomic E-state index is 11.4. The number of pyridine rings is 1. The molecule has 0 aliphatic carbocycles. The van der Waals surface area contributed by atoms with Crippen LogP contribution in [-0.2, 0) is 6.54 Å². The molecule has 1 fully saturated rings. The van der Waals surface area contributed by atoms with Crippen LogP contribution >= 0.6 is 11.6 Å². The Labute approximate surface area is 128 Å². The third-order valence-electron chi connectivity index (χ3n) is 3.79. The van der Waals surface area contributed by atoms with Gasteiger partial charge in [-0.05, 0) is 12.1 Å². The smallest absolute Gasteiger partial charge is 0.325 e. The molecule has 3 heterocycles. The maximum Gasteiger partial charge on any atom is 0.325 e. The molecule has 21 heavy (non-hydrogen) atoms. The van der Waals surface area contributed by atoms with Gasteiger partial charge >= 0.3 is 5.69 Å². The molecule has 0 radical (unpaired) electrons. The molecule has 7 heteroatoms. The number of halogens is 1. The summed E-state index contributed by atoms with van der Waals surface area (Å²) in [6, 6.07) is 3.83. The third-order valence-corrected chi connectivity index (χ3v) is 4.01. The lowest BCUT2D eigenvalue weighted by Crippen LogP contribution is -2.47. The van der Waals surface area contributed by atoms with Crippen LogP contribution in [0.25, 0.3) is 0 Å². The molecule has 1 N–H and O–H groups in total. The van der Waals surface area contributed by atoms with Crippen LogP contribution in [0.5, 0.6) is 0 Å². The van der Waals surface area contributed by atoms with Crippen LogP contribution in [0.2, 0.25) is 5.02 Å². The summed E-state index contributed by atoms with van der Waals surface area (Å²) < 4.78 is 1.70. The van der Waals surface area contributed by atoms with Gasteiger partial charge in [0.25, 0.3) is 0 Å². The van der Waals surface area contributed by atoms with Crippen LogP contribution in [-0.4, -0.2) is 52.2 Å². The fourth-order valence-corrected chi connectivity index (χ4v) is 2.64. The van der Waals surface area contributed by atoms with Gasteiger partial charge < -0.3 is 9.88 Å². The van der Waals surface area contributed by atoms with Crippen LogP contribution in [0, 0.1) is 0 Å². The number of aromatic amines is 1. The Bertz CT molecular complexity index is 627. The number of hydrogen-bond acceptors (Lipinski definition) is 4. The fraction of sp³-hybridized carbons (Fsp3) is 0.429. The number of rotatable bonds is 4. The van der Waals surface area contributed by atoms with E-state index in [2.05, 4.69) is 19.8 Å². The van der Waals surface area contributed by atoms with Gasteiger partial charge in [-0.1, -0.05) is 11.6 Å². The van der Waals surface area contributed by atoms with Crippen molar-refractivity contribution in [3.05, 3.63) is 46.2 Å². The first-order valence-electron chi connectivity index (χ1n) is 7.05. The van der Waals surface area contributed by atoms with Gasteiger partial charge in [-0.2, -0.15) is 0 Å². The maximum atomic E-state index is 11.4. The van der Waals surface area contributed by atoms with Crippen LogP contribution in [0.3, 0.4) is 0 Å². The van der Waals surface area contributed by atoms with E-state index in [0.29, 0.717) is 5.02 Å². The first-order chi connectivity index (χ1) is 10.2. The SMILES string of the molecule is O=c1[nH]ccn1CCN1CCN(c2ccc(Cl)cn2)CC1. The molecule has 1 saturated heterocycles. The van der Waals surface area contributed by atoms with Gasteiger partial charge in [0.15, 0.2) is 0 Å². The minimum atomic E-state index is -0.0426. The molecular weight excluding hydrogens is 290 g/mol. The van der Waals surface area contributed by atoms with Crippen molar-refractivity contribution in [3.8, 4) is 0 Å². The monoisotopic (exact) mass is 307 g/mol. The Balaban J connectivity index is 1.50. The number of aromatic nitrogens is 3. The van der Waals surface area contributed by atoms with Crippen molar-refractivity contribution in [1.29, 1.82) is 0 Å². The molecule has 6 nitrogen and oxygen atoms in total. The number of hydrogen-bond donors (Lipinski definition) is 1. The lowest BCUT2D eigenvalue weighted by atomic mass is 10.3. The molecule has 2 aromatic rings. The van der Waals surface area contributed by atoms with Gasteiger partial charge in [0.05, 0.1) is 5.02 Å². The minimum absolute atomic E-state index is 0.0426. The number of imidazole rings is 1. The van der Waals surface area contributed by atoms with Crippen molar-refractivity contribution in [2.24, 2.45) is 0 Å². The van der Waals surface area contributed by atoms with Crippen molar-refractivity contribution < 1.29 is 0 Å². The van der Waals surface area contributed by atoms with Crippen molar-refractivity contribution in [2.75, 3.05) is 37.6 Å². The minimum Gasteiger partial charge on any atom is -0.354 e. The van der Waals surface area contributed by atoms with Gasteiger partial charge in [0.2, 0.25) is 0 Å². The third kappa shape index (κ3) is 3.46. The predicted molar refractivity (Wildman–Crippen MR) is 83.0 cm³/mol. The highest BCUT2D eigenvalue weighted by atomic mass is 35.5.